The lowest BCUT2D eigenvalue weighted by molar-refractivity contribution is -0.137. The molecule has 1 heterocycles. The minimum atomic E-state index is -1.07. The Morgan fingerprint density at radius 3 is 2.43 bits per heavy atom. The molecule has 0 bridgehead atoms. The fourth-order valence-corrected chi connectivity index (χ4v) is 3.09. The van der Waals surface area contributed by atoms with Gasteiger partial charge in [-0.2, -0.15) is 0 Å². The molecule has 1 aromatic rings. The maximum atomic E-state index is 12.0. The number of hydrogen-bond acceptors (Lipinski definition) is 5. The van der Waals surface area contributed by atoms with Crippen molar-refractivity contribution in [2.45, 2.75) is 0 Å². The number of hydrogen-bond donors (Lipinski definition) is 1. The second-order valence-corrected chi connectivity index (χ2v) is 6.59. The number of aliphatic carboxylic acids is 1. The normalized spacial score (nSPS) is 16.1. The minimum Gasteiger partial charge on any atom is -0.480 e. The SMILES string of the molecule is CN(CC(=O)O)C(=O)c1ccc(/C=C2\SC(=S)N(C)C2=O)cc1. The number of carbonyl (C=O) groups is 3. The number of nitrogens with zero attached hydrogens (tertiary/aromatic N) is 2. The summed E-state index contributed by atoms with van der Waals surface area (Å²) >= 11 is 6.29. The van der Waals surface area contributed by atoms with E-state index < -0.39 is 5.97 Å². The third-order valence-electron chi connectivity index (χ3n) is 3.16. The van der Waals surface area contributed by atoms with Gasteiger partial charge in [-0.15, -0.1) is 0 Å². The van der Waals surface area contributed by atoms with Gasteiger partial charge in [0.25, 0.3) is 11.8 Å². The first kappa shape index (κ1) is 17.2. The molecule has 1 aromatic carbocycles. The van der Waals surface area contributed by atoms with Crippen LogP contribution in [0.25, 0.3) is 6.08 Å². The van der Waals surface area contributed by atoms with E-state index in [-0.39, 0.29) is 18.4 Å². The second-order valence-electron chi connectivity index (χ2n) is 4.92. The highest BCUT2D eigenvalue weighted by atomic mass is 32.2. The summed E-state index contributed by atoms with van der Waals surface area (Å²) in [5.74, 6) is -1.60. The van der Waals surface area contributed by atoms with E-state index in [1.54, 1.807) is 37.4 Å². The highest BCUT2D eigenvalue weighted by Gasteiger charge is 2.28. The summed E-state index contributed by atoms with van der Waals surface area (Å²) < 4.78 is 0.503. The van der Waals surface area contributed by atoms with E-state index in [0.29, 0.717) is 14.8 Å². The van der Waals surface area contributed by atoms with Gasteiger partial charge in [-0.25, -0.2) is 0 Å². The van der Waals surface area contributed by atoms with Gasteiger partial charge in [0.1, 0.15) is 10.9 Å². The number of likely N-dealkylation sites (N-methyl/N-ethyl adjacent to an activating group) is 2. The van der Waals surface area contributed by atoms with Gasteiger partial charge in [-0.05, 0) is 23.8 Å². The summed E-state index contributed by atoms with van der Waals surface area (Å²) in [6.45, 7) is -0.362. The Morgan fingerprint density at radius 1 is 1.35 bits per heavy atom. The summed E-state index contributed by atoms with van der Waals surface area (Å²) in [4.78, 5) is 37.6. The molecule has 0 spiro atoms. The summed E-state index contributed by atoms with van der Waals surface area (Å²) in [6, 6.07) is 6.59. The van der Waals surface area contributed by atoms with Crippen LogP contribution in [0.2, 0.25) is 0 Å². The fourth-order valence-electron chi connectivity index (χ4n) is 1.91. The molecular weight excluding hydrogens is 336 g/mol. The van der Waals surface area contributed by atoms with Crippen LogP contribution in [0.4, 0.5) is 0 Å². The van der Waals surface area contributed by atoms with Crippen molar-refractivity contribution >= 4 is 52.2 Å². The molecule has 120 valence electrons. The Balaban J connectivity index is 2.14. The van der Waals surface area contributed by atoms with E-state index in [1.165, 1.54) is 23.7 Å². The van der Waals surface area contributed by atoms with Crippen LogP contribution in [0, 0.1) is 0 Å². The fraction of sp³-hybridized carbons (Fsp3) is 0.200. The highest BCUT2D eigenvalue weighted by molar-refractivity contribution is 8.26. The van der Waals surface area contributed by atoms with Crippen molar-refractivity contribution in [3.63, 3.8) is 0 Å². The molecule has 1 saturated heterocycles. The van der Waals surface area contributed by atoms with Crippen molar-refractivity contribution in [1.29, 1.82) is 0 Å². The summed E-state index contributed by atoms with van der Waals surface area (Å²) in [6.07, 6.45) is 1.71. The van der Waals surface area contributed by atoms with E-state index in [9.17, 15) is 14.4 Å². The van der Waals surface area contributed by atoms with Crippen LogP contribution < -0.4 is 0 Å². The van der Waals surface area contributed by atoms with Gasteiger partial charge >= 0.3 is 5.97 Å². The molecule has 6 nitrogen and oxygen atoms in total. The predicted octanol–water partition coefficient (Wildman–Crippen LogP) is 1.67. The molecular formula is C15H14N2O4S2. The van der Waals surface area contributed by atoms with Crippen LogP contribution in [-0.2, 0) is 9.59 Å². The van der Waals surface area contributed by atoms with E-state index >= 15 is 0 Å². The van der Waals surface area contributed by atoms with Crippen molar-refractivity contribution in [3.8, 4) is 0 Å². The molecule has 0 atom stereocenters. The number of thioether (sulfide) groups is 1. The zero-order valence-corrected chi connectivity index (χ0v) is 14.1. The molecule has 0 radical (unpaired) electrons. The predicted molar refractivity (Wildman–Crippen MR) is 92.0 cm³/mol. The monoisotopic (exact) mass is 350 g/mol. The lowest BCUT2D eigenvalue weighted by atomic mass is 10.1. The van der Waals surface area contributed by atoms with Gasteiger partial charge in [0.05, 0.1) is 4.91 Å². The van der Waals surface area contributed by atoms with Crippen LogP contribution in [-0.4, -0.2) is 57.7 Å². The number of thiocarbonyl (C=S) groups is 1. The summed E-state index contributed by atoms with van der Waals surface area (Å²) in [7, 11) is 3.05. The maximum Gasteiger partial charge on any atom is 0.323 e. The highest BCUT2D eigenvalue weighted by Crippen LogP contribution is 2.31. The number of carboxylic acids is 1. The van der Waals surface area contributed by atoms with Gasteiger partial charge in [0, 0.05) is 19.7 Å². The molecule has 1 fully saturated rings. The standard InChI is InChI=1S/C15H14N2O4S2/c1-16(8-12(18)19)13(20)10-5-3-9(4-6-10)7-11-14(21)17(2)15(22)23-11/h3-7H,8H2,1-2H3,(H,18,19)/b11-7-. The summed E-state index contributed by atoms with van der Waals surface area (Å²) in [5, 5.41) is 8.70. The largest absolute Gasteiger partial charge is 0.480 e. The molecule has 0 saturated carbocycles. The van der Waals surface area contributed by atoms with Crippen LogP contribution >= 0.6 is 24.0 Å². The zero-order chi connectivity index (χ0) is 17.1. The minimum absolute atomic E-state index is 0.152. The first-order valence-corrected chi connectivity index (χ1v) is 7.81. The van der Waals surface area contributed by atoms with Gasteiger partial charge in [-0.3, -0.25) is 19.3 Å². The average molecular weight is 350 g/mol. The van der Waals surface area contributed by atoms with Gasteiger partial charge < -0.3 is 10.0 Å². The maximum absolute atomic E-state index is 12.0. The van der Waals surface area contributed by atoms with E-state index in [4.69, 9.17) is 17.3 Å². The Morgan fingerprint density at radius 2 is 1.96 bits per heavy atom. The van der Waals surface area contributed by atoms with Crippen molar-refractivity contribution in [2.24, 2.45) is 0 Å². The van der Waals surface area contributed by atoms with E-state index in [0.717, 1.165) is 10.5 Å². The third kappa shape index (κ3) is 3.96. The molecule has 1 aliphatic rings. The molecule has 0 aliphatic carbocycles. The molecule has 2 amide bonds. The van der Waals surface area contributed by atoms with Crippen molar-refractivity contribution < 1.29 is 19.5 Å². The number of carboxylic acid groups (broad SMARTS) is 1. The lowest BCUT2D eigenvalue weighted by Gasteiger charge is -2.14. The first-order chi connectivity index (χ1) is 10.8. The zero-order valence-electron chi connectivity index (χ0n) is 12.5. The van der Waals surface area contributed by atoms with Crippen LogP contribution in [0.5, 0.6) is 0 Å². The van der Waals surface area contributed by atoms with Crippen LogP contribution in [0.1, 0.15) is 15.9 Å². The topological polar surface area (TPSA) is 77.9 Å². The number of benzene rings is 1. The Kier molecular flexibility index (Phi) is 5.17. The lowest BCUT2D eigenvalue weighted by Crippen LogP contribution is -2.31. The Hall–Kier alpha value is -2.19. The van der Waals surface area contributed by atoms with Gasteiger partial charge in [-0.1, -0.05) is 36.1 Å². The van der Waals surface area contributed by atoms with Crippen LogP contribution in [0.3, 0.4) is 0 Å². The van der Waals surface area contributed by atoms with Crippen LogP contribution in [0.15, 0.2) is 29.2 Å². The third-order valence-corrected chi connectivity index (χ3v) is 4.65. The molecule has 23 heavy (non-hydrogen) atoms. The number of amides is 2. The van der Waals surface area contributed by atoms with Gasteiger partial charge in [0.15, 0.2) is 0 Å². The molecule has 1 N–H and O–H groups in total. The molecule has 0 unspecified atom stereocenters. The molecule has 1 aliphatic heterocycles. The van der Waals surface area contributed by atoms with Crippen molar-refractivity contribution in [3.05, 3.63) is 40.3 Å². The molecule has 8 heteroatoms. The number of carbonyl (C=O) groups excluding carboxylic acids is 2. The Bertz CT molecular complexity index is 713. The van der Waals surface area contributed by atoms with E-state index in [2.05, 4.69) is 0 Å². The van der Waals surface area contributed by atoms with Crippen molar-refractivity contribution in [2.75, 3.05) is 20.6 Å². The first-order valence-electron chi connectivity index (χ1n) is 6.58. The Labute approximate surface area is 142 Å². The number of rotatable bonds is 4. The van der Waals surface area contributed by atoms with Gasteiger partial charge in [0.2, 0.25) is 0 Å². The smallest absolute Gasteiger partial charge is 0.323 e. The summed E-state index contributed by atoms with van der Waals surface area (Å²) in [5.41, 5.74) is 1.14. The second kappa shape index (κ2) is 6.93. The average Bonchev–Trinajstić information content (AvgIpc) is 2.74. The molecule has 0 aromatic heterocycles. The quantitative estimate of drug-likeness (QED) is 0.657. The van der Waals surface area contributed by atoms with Crippen molar-refractivity contribution in [1.82, 2.24) is 9.80 Å². The molecule has 2 rings (SSSR count). The van der Waals surface area contributed by atoms with E-state index in [1.807, 2.05) is 0 Å².